The van der Waals surface area contributed by atoms with Crippen molar-refractivity contribution in [2.45, 2.75) is 25.9 Å². The van der Waals surface area contributed by atoms with Crippen molar-refractivity contribution in [1.29, 1.82) is 0 Å². The number of fused-ring (bicyclic) bond motifs is 1. The van der Waals surface area contributed by atoms with E-state index >= 15 is 0 Å². The molecule has 2 aromatic heterocycles. The van der Waals surface area contributed by atoms with Crippen LogP contribution in [0.5, 0.6) is 0 Å². The third kappa shape index (κ3) is 3.89. The molecular formula is C16H24IN9. The maximum absolute atomic E-state index is 4.43. The van der Waals surface area contributed by atoms with Gasteiger partial charge in [-0.15, -0.1) is 34.2 Å². The number of nitrogens with zero attached hydrogens (tertiary/aromatic N) is 8. The molecule has 0 amide bonds. The number of aliphatic imine (C=N–C) groups is 1. The average molecular weight is 469 g/mol. The lowest BCUT2D eigenvalue weighted by Gasteiger charge is -2.36. The van der Waals surface area contributed by atoms with Gasteiger partial charge in [-0.25, -0.2) is 9.97 Å². The smallest absolute Gasteiger partial charge is 0.225 e. The predicted molar refractivity (Wildman–Crippen MR) is 110 cm³/mol. The molecule has 26 heavy (non-hydrogen) atoms. The van der Waals surface area contributed by atoms with Gasteiger partial charge in [-0.2, -0.15) is 0 Å². The fourth-order valence-electron chi connectivity index (χ4n) is 3.40. The summed E-state index contributed by atoms with van der Waals surface area (Å²) in [5.74, 6) is 3.79. The summed E-state index contributed by atoms with van der Waals surface area (Å²) in [6.45, 7) is 5.21. The summed E-state index contributed by atoms with van der Waals surface area (Å²) in [6.07, 6.45) is 5.76. The van der Waals surface area contributed by atoms with Gasteiger partial charge in [0.1, 0.15) is 5.82 Å². The maximum Gasteiger partial charge on any atom is 0.225 e. The quantitative estimate of drug-likeness (QED) is 0.399. The van der Waals surface area contributed by atoms with Crippen LogP contribution >= 0.6 is 24.0 Å². The Balaban J connectivity index is 0.00000196. The highest BCUT2D eigenvalue weighted by atomic mass is 127. The van der Waals surface area contributed by atoms with E-state index in [1.54, 1.807) is 12.4 Å². The van der Waals surface area contributed by atoms with E-state index in [-0.39, 0.29) is 24.0 Å². The highest BCUT2D eigenvalue weighted by molar-refractivity contribution is 14.0. The molecule has 9 nitrogen and oxygen atoms in total. The Labute approximate surface area is 170 Å². The maximum atomic E-state index is 4.43. The molecule has 0 unspecified atom stereocenters. The highest BCUT2D eigenvalue weighted by Gasteiger charge is 2.22. The number of anilines is 1. The number of hydrogen-bond donors (Lipinski definition) is 1. The summed E-state index contributed by atoms with van der Waals surface area (Å²) in [5, 5.41) is 12.0. The number of aryl methyl sites for hydroxylation is 1. The summed E-state index contributed by atoms with van der Waals surface area (Å²) in [6, 6.07) is 1.84. The molecule has 1 N–H and O–H groups in total. The van der Waals surface area contributed by atoms with E-state index < -0.39 is 0 Å². The van der Waals surface area contributed by atoms with Crippen molar-refractivity contribution < 1.29 is 0 Å². The van der Waals surface area contributed by atoms with Gasteiger partial charge in [0.2, 0.25) is 5.95 Å². The molecule has 1 fully saturated rings. The van der Waals surface area contributed by atoms with Crippen molar-refractivity contribution in [3.05, 3.63) is 30.1 Å². The zero-order valence-corrected chi connectivity index (χ0v) is 17.2. The van der Waals surface area contributed by atoms with Crippen LogP contribution < -0.4 is 10.2 Å². The Morgan fingerprint density at radius 1 is 1.12 bits per heavy atom. The Bertz CT molecular complexity index is 737. The molecule has 4 heterocycles. The average Bonchev–Trinajstić information content (AvgIpc) is 3.28. The number of halogens is 1. The molecule has 0 saturated carbocycles. The standard InChI is InChI=1S/C16H23N9.HI/c1-17-15(20-12-14-22-21-13-4-2-7-25(13)14)23-8-10-24(11-9-23)16-18-5-3-6-19-16;/h3,5-6H,2,4,7-12H2,1H3,(H,17,20);1H. The van der Waals surface area contributed by atoms with E-state index in [1.807, 2.05) is 13.1 Å². The molecular weight excluding hydrogens is 445 g/mol. The van der Waals surface area contributed by atoms with Gasteiger partial charge in [-0.1, -0.05) is 0 Å². The molecule has 4 rings (SSSR count). The van der Waals surface area contributed by atoms with Crippen molar-refractivity contribution in [2.24, 2.45) is 4.99 Å². The largest absolute Gasteiger partial charge is 0.349 e. The van der Waals surface area contributed by atoms with E-state index in [4.69, 9.17) is 0 Å². The molecule has 2 aliphatic heterocycles. The molecule has 140 valence electrons. The predicted octanol–water partition coefficient (Wildman–Crippen LogP) is 0.530. The van der Waals surface area contributed by atoms with Crippen LogP contribution in [0.15, 0.2) is 23.5 Å². The van der Waals surface area contributed by atoms with Gasteiger partial charge < -0.3 is 19.7 Å². The zero-order valence-electron chi connectivity index (χ0n) is 14.9. The summed E-state index contributed by atoms with van der Waals surface area (Å²) in [7, 11) is 1.82. The molecule has 0 bridgehead atoms. The first-order chi connectivity index (χ1) is 12.3. The number of nitrogens with one attached hydrogen (secondary N) is 1. The Morgan fingerprint density at radius 2 is 1.88 bits per heavy atom. The summed E-state index contributed by atoms with van der Waals surface area (Å²) in [4.78, 5) is 17.6. The minimum absolute atomic E-state index is 0. The molecule has 0 atom stereocenters. The van der Waals surface area contributed by atoms with Crippen LogP contribution in [0.2, 0.25) is 0 Å². The highest BCUT2D eigenvalue weighted by Crippen LogP contribution is 2.14. The molecule has 0 aliphatic carbocycles. The SMILES string of the molecule is CN=C(NCc1nnc2n1CCC2)N1CCN(c2ncccn2)CC1.I. The molecule has 2 aromatic rings. The molecule has 0 aromatic carbocycles. The molecule has 10 heteroatoms. The van der Waals surface area contributed by atoms with Gasteiger partial charge in [-0.05, 0) is 12.5 Å². The van der Waals surface area contributed by atoms with Gasteiger partial charge in [0.25, 0.3) is 0 Å². The first-order valence-electron chi connectivity index (χ1n) is 8.73. The first kappa shape index (κ1) is 18.8. The molecule has 0 spiro atoms. The van der Waals surface area contributed by atoms with Gasteiger partial charge in [0.15, 0.2) is 11.8 Å². The van der Waals surface area contributed by atoms with Crippen LogP contribution in [0, 0.1) is 0 Å². The lowest BCUT2D eigenvalue weighted by atomic mass is 10.3. The fourth-order valence-corrected chi connectivity index (χ4v) is 3.40. The topological polar surface area (TPSA) is 87.4 Å². The van der Waals surface area contributed by atoms with Gasteiger partial charge in [0.05, 0.1) is 6.54 Å². The zero-order chi connectivity index (χ0) is 17.1. The Hall–Kier alpha value is -1.98. The molecule has 1 saturated heterocycles. The number of piperazine rings is 1. The van der Waals surface area contributed by atoms with E-state index in [0.29, 0.717) is 6.54 Å². The first-order valence-corrected chi connectivity index (χ1v) is 8.73. The van der Waals surface area contributed by atoms with Crippen molar-refractivity contribution in [3.63, 3.8) is 0 Å². The van der Waals surface area contributed by atoms with Crippen molar-refractivity contribution >= 4 is 35.9 Å². The van der Waals surface area contributed by atoms with E-state index in [0.717, 1.165) is 69.1 Å². The van der Waals surface area contributed by atoms with Gasteiger partial charge in [-0.3, -0.25) is 4.99 Å². The van der Waals surface area contributed by atoms with Crippen LogP contribution in [-0.4, -0.2) is 68.8 Å². The number of aromatic nitrogens is 5. The minimum Gasteiger partial charge on any atom is -0.349 e. The van der Waals surface area contributed by atoms with Crippen LogP contribution in [0.25, 0.3) is 0 Å². The Morgan fingerprint density at radius 3 is 2.62 bits per heavy atom. The minimum atomic E-state index is 0. The summed E-state index contributed by atoms with van der Waals surface area (Å²) >= 11 is 0. The second kappa shape index (κ2) is 8.60. The lowest BCUT2D eigenvalue weighted by Crippen LogP contribution is -2.52. The molecule has 0 radical (unpaired) electrons. The van der Waals surface area contributed by atoms with E-state index in [1.165, 1.54) is 0 Å². The van der Waals surface area contributed by atoms with Crippen LogP contribution in [-0.2, 0) is 19.5 Å². The fraction of sp³-hybridized carbons (Fsp3) is 0.562. The lowest BCUT2D eigenvalue weighted by molar-refractivity contribution is 0.369. The van der Waals surface area contributed by atoms with Gasteiger partial charge in [0, 0.05) is 58.6 Å². The van der Waals surface area contributed by atoms with E-state index in [9.17, 15) is 0 Å². The van der Waals surface area contributed by atoms with Crippen molar-refractivity contribution in [1.82, 2.24) is 34.9 Å². The summed E-state index contributed by atoms with van der Waals surface area (Å²) < 4.78 is 2.21. The third-order valence-corrected chi connectivity index (χ3v) is 4.72. The Kier molecular flexibility index (Phi) is 6.22. The third-order valence-electron chi connectivity index (χ3n) is 4.72. The van der Waals surface area contributed by atoms with Crippen LogP contribution in [0.3, 0.4) is 0 Å². The molecule has 2 aliphatic rings. The number of hydrogen-bond acceptors (Lipinski definition) is 6. The normalized spacial score (nSPS) is 17.0. The number of rotatable bonds is 3. The monoisotopic (exact) mass is 469 g/mol. The number of guanidine groups is 1. The van der Waals surface area contributed by atoms with Gasteiger partial charge >= 0.3 is 0 Å². The summed E-state index contributed by atoms with van der Waals surface area (Å²) in [5.41, 5.74) is 0. The van der Waals surface area contributed by atoms with Crippen molar-refractivity contribution in [2.75, 3.05) is 38.1 Å². The van der Waals surface area contributed by atoms with Crippen LogP contribution in [0.4, 0.5) is 5.95 Å². The second-order valence-corrected chi connectivity index (χ2v) is 6.21. The van der Waals surface area contributed by atoms with E-state index in [2.05, 4.69) is 44.8 Å². The second-order valence-electron chi connectivity index (χ2n) is 6.21. The van der Waals surface area contributed by atoms with Crippen LogP contribution in [0.1, 0.15) is 18.1 Å². The van der Waals surface area contributed by atoms with Crippen molar-refractivity contribution in [3.8, 4) is 0 Å².